The summed E-state index contributed by atoms with van der Waals surface area (Å²) in [6, 6.07) is 0. The van der Waals surface area contributed by atoms with E-state index >= 15 is 0 Å². The second-order valence-corrected chi connectivity index (χ2v) is 5.98. The van der Waals surface area contributed by atoms with E-state index in [0.29, 0.717) is 0 Å². The molecule has 0 amide bonds. The van der Waals surface area contributed by atoms with E-state index in [1.165, 1.54) is 0 Å². The molecular formula is C20H34O3. The Bertz CT molecular complexity index is 382. The quantitative estimate of drug-likeness (QED) is 0.203. The molecule has 0 aromatic carbocycles. The number of unbranched alkanes of at least 4 members (excludes halogenated alkanes) is 1. The first-order chi connectivity index (χ1) is 11.1. The van der Waals surface area contributed by atoms with Crippen LogP contribution in [-0.4, -0.2) is 11.9 Å². The Hall–Kier alpha value is -1.38. The molecule has 2 atom stereocenters. The van der Waals surface area contributed by atoms with E-state index in [1.54, 1.807) is 0 Å². The topological polar surface area (TPSA) is 43.4 Å². The molecule has 0 aliphatic carbocycles. The van der Waals surface area contributed by atoms with Crippen LogP contribution < -0.4 is 0 Å². The normalized spacial score (nSPS) is 14.3. The lowest BCUT2D eigenvalue weighted by Gasteiger charge is -2.17. The van der Waals surface area contributed by atoms with E-state index in [-0.39, 0.29) is 23.8 Å². The largest absolute Gasteiger partial charge is 0.393 e. The van der Waals surface area contributed by atoms with Gasteiger partial charge in [-0.3, -0.25) is 9.59 Å². The van der Waals surface area contributed by atoms with Gasteiger partial charge in [0.2, 0.25) is 0 Å². The highest BCUT2D eigenvalue weighted by Gasteiger charge is 2.25. The predicted octanol–water partition coefficient (Wildman–Crippen LogP) is 5.60. The van der Waals surface area contributed by atoms with E-state index in [9.17, 15) is 9.59 Å². The van der Waals surface area contributed by atoms with Crippen LogP contribution >= 0.6 is 0 Å². The molecule has 23 heavy (non-hydrogen) atoms. The molecular weight excluding hydrogens is 288 g/mol. The average molecular weight is 322 g/mol. The lowest BCUT2D eigenvalue weighted by molar-refractivity contribution is -0.166. The van der Waals surface area contributed by atoms with Gasteiger partial charge in [-0.15, -0.1) is 0 Å². The Kier molecular flexibility index (Phi) is 13.4. The minimum atomic E-state index is -0.342. The van der Waals surface area contributed by atoms with Gasteiger partial charge in [-0.05, 0) is 58.8 Å². The van der Waals surface area contributed by atoms with Crippen molar-refractivity contribution >= 4 is 11.9 Å². The summed E-state index contributed by atoms with van der Waals surface area (Å²) in [6.07, 6.45) is 14.9. The van der Waals surface area contributed by atoms with Crippen LogP contribution in [0.2, 0.25) is 0 Å². The third-order valence-corrected chi connectivity index (χ3v) is 4.07. The molecule has 0 saturated heterocycles. The zero-order valence-electron chi connectivity index (χ0n) is 15.3. The lowest BCUT2D eigenvalue weighted by Crippen LogP contribution is -2.26. The number of carbonyl (C=O) groups excluding carboxylic acids is 2. The average Bonchev–Trinajstić information content (AvgIpc) is 2.54. The number of hydrogen-bond donors (Lipinski definition) is 0. The van der Waals surface area contributed by atoms with Crippen LogP contribution in [0.5, 0.6) is 0 Å². The van der Waals surface area contributed by atoms with Crippen molar-refractivity contribution in [2.24, 2.45) is 11.8 Å². The van der Waals surface area contributed by atoms with E-state index in [1.807, 2.05) is 45.9 Å². The van der Waals surface area contributed by atoms with Crippen molar-refractivity contribution in [3.05, 3.63) is 24.3 Å². The van der Waals surface area contributed by atoms with Crippen molar-refractivity contribution in [3.8, 4) is 0 Å². The molecule has 0 bridgehead atoms. The zero-order valence-corrected chi connectivity index (χ0v) is 15.3. The Labute approximate surface area is 142 Å². The van der Waals surface area contributed by atoms with Crippen LogP contribution in [-0.2, 0) is 14.3 Å². The monoisotopic (exact) mass is 322 g/mol. The van der Waals surface area contributed by atoms with E-state index in [0.717, 1.165) is 51.4 Å². The van der Waals surface area contributed by atoms with Crippen molar-refractivity contribution in [3.63, 3.8) is 0 Å². The number of carbonyl (C=O) groups is 2. The first kappa shape index (κ1) is 21.6. The summed E-state index contributed by atoms with van der Waals surface area (Å²) in [5.41, 5.74) is 0. The summed E-state index contributed by atoms with van der Waals surface area (Å²) < 4.78 is 5.19. The van der Waals surface area contributed by atoms with Crippen molar-refractivity contribution < 1.29 is 14.3 Å². The maximum atomic E-state index is 12.3. The van der Waals surface area contributed by atoms with Gasteiger partial charge in [-0.1, -0.05) is 44.6 Å². The highest BCUT2D eigenvalue weighted by atomic mass is 16.6. The molecule has 3 heteroatoms. The molecule has 0 rings (SSSR count). The highest BCUT2D eigenvalue weighted by molar-refractivity contribution is 5.87. The Morgan fingerprint density at radius 1 is 0.870 bits per heavy atom. The minimum Gasteiger partial charge on any atom is -0.393 e. The smallest absolute Gasteiger partial charge is 0.316 e. The summed E-state index contributed by atoms with van der Waals surface area (Å²) in [4.78, 5) is 24.5. The van der Waals surface area contributed by atoms with Crippen LogP contribution in [0.1, 0.15) is 79.1 Å². The molecule has 0 spiro atoms. The molecule has 0 fully saturated rings. The first-order valence-electron chi connectivity index (χ1n) is 9.08. The van der Waals surface area contributed by atoms with Crippen LogP contribution in [0.25, 0.3) is 0 Å². The number of allylic oxidation sites excluding steroid dienone is 4. The molecule has 132 valence electrons. The predicted molar refractivity (Wildman–Crippen MR) is 96.0 cm³/mol. The van der Waals surface area contributed by atoms with Gasteiger partial charge in [0, 0.05) is 0 Å². The maximum Gasteiger partial charge on any atom is 0.316 e. The Morgan fingerprint density at radius 3 is 2.04 bits per heavy atom. The Balaban J connectivity index is 4.45. The first-order valence-corrected chi connectivity index (χ1v) is 9.08. The van der Waals surface area contributed by atoms with Gasteiger partial charge >= 0.3 is 11.9 Å². The van der Waals surface area contributed by atoms with Crippen molar-refractivity contribution in [1.29, 1.82) is 0 Å². The maximum absolute atomic E-state index is 12.3. The third kappa shape index (κ3) is 10.1. The van der Waals surface area contributed by atoms with Gasteiger partial charge < -0.3 is 4.74 Å². The molecule has 3 nitrogen and oxygen atoms in total. The number of rotatable bonds is 12. The van der Waals surface area contributed by atoms with Gasteiger partial charge in [0.05, 0.1) is 11.8 Å². The van der Waals surface area contributed by atoms with Crippen molar-refractivity contribution in [2.45, 2.75) is 79.1 Å². The standard InChI is InChI=1S/C20H34O3/c1-5-9-11-13-15-17(8-4)19(21)23-20(22)18(14-7-3)16-12-10-6-2/h5-6,9-10,17-18H,7-8,11-16H2,1-4H3/b9-5-,10-6-. The molecule has 0 aromatic heterocycles. The van der Waals surface area contributed by atoms with Gasteiger partial charge in [0.15, 0.2) is 0 Å². The molecule has 0 aliphatic heterocycles. The van der Waals surface area contributed by atoms with Gasteiger partial charge in [-0.25, -0.2) is 0 Å². The van der Waals surface area contributed by atoms with Crippen LogP contribution in [0.15, 0.2) is 24.3 Å². The second-order valence-electron chi connectivity index (χ2n) is 5.98. The molecule has 2 unspecified atom stereocenters. The van der Waals surface area contributed by atoms with Crippen LogP contribution in [0.3, 0.4) is 0 Å². The summed E-state index contributed by atoms with van der Waals surface area (Å²) in [7, 11) is 0. The van der Waals surface area contributed by atoms with Crippen molar-refractivity contribution in [2.75, 3.05) is 0 Å². The molecule has 0 saturated carbocycles. The van der Waals surface area contributed by atoms with Crippen LogP contribution in [0.4, 0.5) is 0 Å². The lowest BCUT2D eigenvalue weighted by atomic mass is 9.97. The Morgan fingerprint density at radius 2 is 1.48 bits per heavy atom. The van der Waals surface area contributed by atoms with Crippen LogP contribution in [0, 0.1) is 11.8 Å². The van der Waals surface area contributed by atoms with E-state index in [4.69, 9.17) is 4.74 Å². The summed E-state index contributed by atoms with van der Waals surface area (Å²) in [6.45, 7) is 7.98. The fourth-order valence-corrected chi connectivity index (χ4v) is 2.60. The SMILES string of the molecule is C/C=C\CCCC(CC)C(=O)OC(=O)C(CCC)CC/C=C\C. The summed E-state index contributed by atoms with van der Waals surface area (Å²) >= 11 is 0. The number of ether oxygens (including phenoxy) is 1. The second kappa shape index (κ2) is 14.2. The summed E-state index contributed by atoms with van der Waals surface area (Å²) in [5.74, 6) is -1.01. The number of hydrogen-bond acceptors (Lipinski definition) is 3. The van der Waals surface area contributed by atoms with Gasteiger partial charge in [0.1, 0.15) is 0 Å². The fourth-order valence-electron chi connectivity index (χ4n) is 2.60. The molecule has 0 N–H and O–H groups in total. The number of esters is 2. The molecule has 0 aliphatic rings. The van der Waals surface area contributed by atoms with Gasteiger partial charge in [-0.2, -0.15) is 0 Å². The third-order valence-electron chi connectivity index (χ3n) is 4.07. The molecule has 0 radical (unpaired) electrons. The molecule has 0 heterocycles. The van der Waals surface area contributed by atoms with E-state index < -0.39 is 0 Å². The molecule has 0 aromatic rings. The fraction of sp³-hybridized carbons (Fsp3) is 0.700. The highest BCUT2D eigenvalue weighted by Crippen LogP contribution is 2.19. The van der Waals surface area contributed by atoms with E-state index in [2.05, 4.69) is 6.08 Å². The van der Waals surface area contributed by atoms with Gasteiger partial charge in [0.25, 0.3) is 0 Å². The summed E-state index contributed by atoms with van der Waals surface area (Å²) in [5, 5.41) is 0. The van der Waals surface area contributed by atoms with Crippen molar-refractivity contribution in [1.82, 2.24) is 0 Å². The minimum absolute atomic E-state index is 0.165. The zero-order chi connectivity index (χ0) is 17.5.